The molecule has 1 amide bonds. The van der Waals surface area contributed by atoms with Crippen LogP contribution in [0, 0.1) is 0 Å². The molecule has 0 atom stereocenters. The molecule has 0 aromatic heterocycles. The Morgan fingerprint density at radius 2 is 2.00 bits per heavy atom. The van der Waals surface area contributed by atoms with E-state index < -0.39 is 0 Å². The van der Waals surface area contributed by atoms with E-state index in [1.54, 1.807) is 37.6 Å². The van der Waals surface area contributed by atoms with Crippen molar-refractivity contribution in [2.24, 2.45) is 5.10 Å². The van der Waals surface area contributed by atoms with Crippen LogP contribution in [0.3, 0.4) is 0 Å². The van der Waals surface area contributed by atoms with E-state index in [1.807, 2.05) is 25.1 Å². The predicted molar refractivity (Wildman–Crippen MR) is 102 cm³/mol. The minimum Gasteiger partial charge on any atom is -0.493 e. The van der Waals surface area contributed by atoms with Gasteiger partial charge in [0.2, 0.25) is 5.91 Å². The number of carbonyl (C=O) groups is 1. The number of nitrogens with zero attached hydrogens (tertiary/aromatic N) is 1. The molecule has 0 heterocycles. The van der Waals surface area contributed by atoms with Crippen molar-refractivity contribution in [1.82, 2.24) is 5.43 Å². The Kier molecular flexibility index (Phi) is 7.63. The Morgan fingerprint density at radius 3 is 2.68 bits per heavy atom. The van der Waals surface area contributed by atoms with E-state index in [1.165, 1.54) is 11.8 Å². The maximum atomic E-state index is 11.8. The van der Waals surface area contributed by atoms with Gasteiger partial charge in [-0.2, -0.15) is 5.10 Å². The van der Waals surface area contributed by atoms with E-state index in [9.17, 15) is 4.79 Å². The normalized spacial score (nSPS) is 10.7. The van der Waals surface area contributed by atoms with Gasteiger partial charge in [0.1, 0.15) is 0 Å². The van der Waals surface area contributed by atoms with Crippen molar-refractivity contribution in [3.63, 3.8) is 0 Å². The Labute approximate surface area is 156 Å². The molecule has 5 nitrogen and oxygen atoms in total. The van der Waals surface area contributed by atoms with Gasteiger partial charge in [-0.15, -0.1) is 11.8 Å². The second kappa shape index (κ2) is 9.96. The molecular weight excluding hydrogens is 360 g/mol. The zero-order valence-corrected chi connectivity index (χ0v) is 15.6. The van der Waals surface area contributed by atoms with Gasteiger partial charge in [0.25, 0.3) is 0 Å². The lowest BCUT2D eigenvalue weighted by atomic mass is 10.2. The molecular formula is C18H19ClN2O3S. The van der Waals surface area contributed by atoms with Crippen molar-refractivity contribution < 1.29 is 14.3 Å². The molecule has 0 aliphatic heterocycles. The highest BCUT2D eigenvalue weighted by molar-refractivity contribution is 8.00. The van der Waals surface area contributed by atoms with Crippen molar-refractivity contribution in [2.45, 2.75) is 11.8 Å². The number of thioether (sulfide) groups is 1. The first-order valence-corrected chi connectivity index (χ1v) is 9.00. The van der Waals surface area contributed by atoms with Crippen molar-refractivity contribution in [2.75, 3.05) is 19.5 Å². The second-order valence-electron chi connectivity index (χ2n) is 4.88. The van der Waals surface area contributed by atoms with Crippen molar-refractivity contribution >= 4 is 35.5 Å². The Balaban J connectivity index is 1.86. The minimum absolute atomic E-state index is 0.185. The molecule has 1 N–H and O–H groups in total. The van der Waals surface area contributed by atoms with E-state index in [2.05, 4.69) is 10.5 Å². The van der Waals surface area contributed by atoms with Gasteiger partial charge < -0.3 is 9.47 Å². The molecule has 132 valence electrons. The summed E-state index contributed by atoms with van der Waals surface area (Å²) in [5.41, 5.74) is 3.31. The van der Waals surface area contributed by atoms with Gasteiger partial charge in [-0.25, -0.2) is 5.43 Å². The van der Waals surface area contributed by atoms with Crippen LogP contribution < -0.4 is 14.9 Å². The first-order valence-electron chi connectivity index (χ1n) is 7.63. The third-order valence-corrected chi connectivity index (χ3v) is 4.34. The fourth-order valence-electron chi connectivity index (χ4n) is 1.93. The van der Waals surface area contributed by atoms with Crippen LogP contribution in [-0.2, 0) is 4.79 Å². The summed E-state index contributed by atoms with van der Waals surface area (Å²) in [5, 5.41) is 4.64. The lowest BCUT2D eigenvalue weighted by Crippen LogP contribution is -2.19. The third-order valence-electron chi connectivity index (χ3n) is 3.07. The maximum Gasteiger partial charge on any atom is 0.250 e. The minimum atomic E-state index is -0.185. The molecule has 7 heteroatoms. The largest absolute Gasteiger partial charge is 0.493 e. The SMILES string of the molecule is CCOc1cc(/C=N\NC(=O)CSc2ccc(Cl)cc2)ccc1OC. The first kappa shape index (κ1) is 19.1. The van der Waals surface area contributed by atoms with Gasteiger partial charge in [-0.3, -0.25) is 4.79 Å². The molecule has 0 aliphatic rings. The van der Waals surface area contributed by atoms with Crippen LogP contribution in [0.2, 0.25) is 5.02 Å². The number of amides is 1. The zero-order chi connectivity index (χ0) is 18.1. The molecule has 2 aromatic carbocycles. The summed E-state index contributed by atoms with van der Waals surface area (Å²) in [6.45, 7) is 2.44. The average Bonchev–Trinajstić information content (AvgIpc) is 2.62. The summed E-state index contributed by atoms with van der Waals surface area (Å²) in [7, 11) is 1.59. The van der Waals surface area contributed by atoms with E-state index >= 15 is 0 Å². The van der Waals surface area contributed by atoms with Crippen molar-refractivity contribution in [3.8, 4) is 11.5 Å². The molecule has 0 aliphatic carbocycles. The van der Waals surface area contributed by atoms with Gasteiger partial charge in [0.05, 0.1) is 25.7 Å². The summed E-state index contributed by atoms with van der Waals surface area (Å²) in [4.78, 5) is 12.8. The fraction of sp³-hybridized carbons (Fsp3) is 0.222. The van der Waals surface area contributed by atoms with Gasteiger partial charge >= 0.3 is 0 Å². The van der Waals surface area contributed by atoms with Crippen LogP contribution in [0.1, 0.15) is 12.5 Å². The third kappa shape index (κ3) is 6.32. The molecule has 2 rings (SSSR count). The van der Waals surface area contributed by atoms with Gasteiger partial charge in [-0.05, 0) is 55.0 Å². The number of halogens is 1. The fourth-order valence-corrected chi connectivity index (χ4v) is 2.75. The average molecular weight is 379 g/mol. The highest BCUT2D eigenvalue weighted by Gasteiger charge is 2.05. The molecule has 0 saturated heterocycles. The summed E-state index contributed by atoms with van der Waals surface area (Å²) < 4.78 is 10.7. The number of nitrogens with one attached hydrogen (secondary N) is 1. The van der Waals surface area contributed by atoms with Crippen LogP contribution in [0.25, 0.3) is 0 Å². The molecule has 0 radical (unpaired) electrons. The number of methoxy groups -OCH3 is 1. The monoisotopic (exact) mass is 378 g/mol. The highest BCUT2D eigenvalue weighted by atomic mass is 35.5. The quantitative estimate of drug-likeness (QED) is 0.428. The number of hydrogen-bond donors (Lipinski definition) is 1. The van der Waals surface area contributed by atoms with E-state index in [0.29, 0.717) is 23.1 Å². The lowest BCUT2D eigenvalue weighted by Gasteiger charge is -2.09. The van der Waals surface area contributed by atoms with E-state index in [0.717, 1.165) is 10.5 Å². The zero-order valence-electron chi connectivity index (χ0n) is 14.0. The van der Waals surface area contributed by atoms with Crippen LogP contribution >= 0.6 is 23.4 Å². The molecule has 0 spiro atoms. The summed E-state index contributed by atoms with van der Waals surface area (Å²) in [6, 6.07) is 12.8. The van der Waals surface area contributed by atoms with E-state index in [-0.39, 0.29) is 11.7 Å². The summed E-state index contributed by atoms with van der Waals surface area (Å²) in [6.07, 6.45) is 1.56. The van der Waals surface area contributed by atoms with Crippen LogP contribution in [0.15, 0.2) is 52.5 Å². The molecule has 2 aromatic rings. The smallest absolute Gasteiger partial charge is 0.250 e. The van der Waals surface area contributed by atoms with Crippen LogP contribution in [0.4, 0.5) is 0 Å². The number of rotatable bonds is 8. The Morgan fingerprint density at radius 1 is 1.24 bits per heavy atom. The molecule has 0 bridgehead atoms. The molecule has 0 unspecified atom stereocenters. The number of hydrogen-bond acceptors (Lipinski definition) is 5. The second-order valence-corrected chi connectivity index (χ2v) is 6.36. The number of carbonyl (C=O) groups excluding carboxylic acids is 1. The maximum absolute atomic E-state index is 11.8. The topological polar surface area (TPSA) is 59.9 Å². The van der Waals surface area contributed by atoms with Gasteiger partial charge in [0.15, 0.2) is 11.5 Å². The van der Waals surface area contributed by atoms with Crippen LogP contribution in [-0.4, -0.2) is 31.6 Å². The predicted octanol–water partition coefficient (Wildman–Crippen LogP) is 3.99. The van der Waals surface area contributed by atoms with Gasteiger partial charge in [-0.1, -0.05) is 11.6 Å². The van der Waals surface area contributed by atoms with Gasteiger partial charge in [0, 0.05) is 9.92 Å². The summed E-state index contributed by atoms with van der Waals surface area (Å²) >= 11 is 7.24. The molecule has 25 heavy (non-hydrogen) atoms. The van der Waals surface area contributed by atoms with Crippen molar-refractivity contribution in [1.29, 1.82) is 0 Å². The number of hydrazone groups is 1. The number of benzene rings is 2. The Bertz CT molecular complexity index is 736. The highest BCUT2D eigenvalue weighted by Crippen LogP contribution is 2.27. The standard InChI is InChI=1S/C18H19ClN2O3S/c1-3-24-17-10-13(4-9-16(17)23-2)11-20-21-18(22)12-25-15-7-5-14(19)6-8-15/h4-11H,3,12H2,1-2H3,(H,21,22)/b20-11-. The molecule has 0 fully saturated rings. The molecule has 0 saturated carbocycles. The van der Waals surface area contributed by atoms with E-state index in [4.69, 9.17) is 21.1 Å². The van der Waals surface area contributed by atoms with Crippen LogP contribution in [0.5, 0.6) is 11.5 Å². The lowest BCUT2D eigenvalue weighted by molar-refractivity contribution is -0.118. The summed E-state index contributed by atoms with van der Waals surface area (Å²) in [5.74, 6) is 1.38. The Hall–Kier alpha value is -2.18. The number of ether oxygens (including phenoxy) is 2. The first-order chi connectivity index (χ1) is 12.1. The van der Waals surface area contributed by atoms with Crippen molar-refractivity contribution in [3.05, 3.63) is 53.1 Å².